The van der Waals surface area contributed by atoms with Crippen molar-refractivity contribution in [2.45, 2.75) is 13.5 Å². The van der Waals surface area contributed by atoms with Crippen LogP contribution in [-0.2, 0) is 11.3 Å². The van der Waals surface area contributed by atoms with Gasteiger partial charge in [-0.15, -0.1) is 0 Å². The molecular weight excluding hydrogens is 400 g/mol. The van der Waals surface area contributed by atoms with Gasteiger partial charge in [0.1, 0.15) is 6.54 Å². The van der Waals surface area contributed by atoms with Crippen LogP contribution in [-0.4, -0.2) is 21.4 Å². The minimum absolute atomic E-state index is 0.176. The molecular formula is C18H15BrN4O3. The van der Waals surface area contributed by atoms with Gasteiger partial charge in [0.2, 0.25) is 11.8 Å². The number of aryl methyl sites for hydroxylation is 1. The normalized spacial score (nSPS) is 10.7. The Morgan fingerprint density at radius 1 is 1.23 bits per heavy atom. The number of amides is 2. The lowest BCUT2D eigenvalue weighted by Gasteiger charge is -2.10. The molecule has 0 unspecified atom stereocenters. The van der Waals surface area contributed by atoms with Crippen molar-refractivity contribution in [2.75, 3.05) is 5.32 Å². The number of nitrogens with one attached hydrogen (secondary N) is 1. The second-order valence-corrected chi connectivity index (χ2v) is 6.70. The van der Waals surface area contributed by atoms with E-state index in [0.717, 1.165) is 4.47 Å². The van der Waals surface area contributed by atoms with Gasteiger partial charge in [0.05, 0.1) is 17.2 Å². The summed E-state index contributed by atoms with van der Waals surface area (Å²) in [6, 6.07) is 9.98. The van der Waals surface area contributed by atoms with Gasteiger partial charge in [-0.2, -0.15) is 0 Å². The minimum Gasteiger partial charge on any atom is -0.366 e. The molecule has 2 aromatic carbocycles. The van der Waals surface area contributed by atoms with Gasteiger partial charge in [-0.05, 0) is 48.9 Å². The molecule has 0 fully saturated rings. The SMILES string of the molecule is Cc1cc(NC(=O)Cn2cnc3ccc(Br)cc3c2=O)ccc1C(N)=O. The van der Waals surface area contributed by atoms with Crippen LogP contribution < -0.4 is 16.6 Å². The Morgan fingerprint density at radius 3 is 2.69 bits per heavy atom. The third kappa shape index (κ3) is 3.65. The molecule has 2 amide bonds. The maximum Gasteiger partial charge on any atom is 0.261 e. The summed E-state index contributed by atoms with van der Waals surface area (Å²) < 4.78 is 2.01. The molecule has 0 bridgehead atoms. The molecule has 3 rings (SSSR count). The zero-order valence-electron chi connectivity index (χ0n) is 13.8. The van der Waals surface area contributed by atoms with E-state index in [1.54, 1.807) is 43.3 Å². The van der Waals surface area contributed by atoms with Crippen molar-refractivity contribution in [1.82, 2.24) is 9.55 Å². The third-order valence-corrected chi connectivity index (χ3v) is 4.37. The van der Waals surface area contributed by atoms with Crippen LogP contribution in [0.5, 0.6) is 0 Å². The topological polar surface area (TPSA) is 107 Å². The molecule has 132 valence electrons. The fourth-order valence-corrected chi connectivity index (χ4v) is 2.98. The molecule has 8 heteroatoms. The first-order valence-electron chi connectivity index (χ1n) is 7.70. The molecule has 0 aliphatic carbocycles. The number of fused-ring (bicyclic) bond motifs is 1. The molecule has 0 radical (unpaired) electrons. The predicted octanol–water partition coefficient (Wildman–Crippen LogP) is 2.21. The zero-order valence-corrected chi connectivity index (χ0v) is 15.4. The van der Waals surface area contributed by atoms with Gasteiger partial charge in [0.15, 0.2) is 0 Å². The average molecular weight is 415 g/mol. The number of aromatic nitrogens is 2. The zero-order chi connectivity index (χ0) is 18.8. The van der Waals surface area contributed by atoms with Crippen LogP contribution in [0.1, 0.15) is 15.9 Å². The molecule has 0 aliphatic heterocycles. The number of carbonyl (C=O) groups is 2. The second-order valence-electron chi connectivity index (χ2n) is 5.78. The maximum absolute atomic E-state index is 12.5. The van der Waals surface area contributed by atoms with Gasteiger partial charge < -0.3 is 11.1 Å². The minimum atomic E-state index is -0.527. The number of nitrogens with zero attached hydrogens (tertiary/aromatic N) is 2. The van der Waals surface area contributed by atoms with E-state index in [2.05, 4.69) is 26.2 Å². The lowest BCUT2D eigenvalue weighted by Crippen LogP contribution is -2.28. The Bertz CT molecular complexity index is 1090. The van der Waals surface area contributed by atoms with Crippen molar-refractivity contribution in [3.63, 3.8) is 0 Å². The molecule has 0 saturated heterocycles. The third-order valence-electron chi connectivity index (χ3n) is 3.88. The summed E-state index contributed by atoms with van der Waals surface area (Å²) in [5.41, 5.74) is 7.09. The van der Waals surface area contributed by atoms with Gasteiger partial charge in [0.25, 0.3) is 5.56 Å². The van der Waals surface area contributed by atoms with Crippen LogP contribution in [0.25, 0.3) is 10.9 Å². The fourth-order valence-electron chi connectivity index (χ4n) is 2.62. The summed E-state index contributed by atoms with van der Waals surface area (Å²) in [4.78, 5) is 40.2. The van der Waals surface area contributed by atoms with Gasteiger partial charge in [-0.25, -0.2) is 4.98 Å². The molecule has 1 aromatic heterocycles. The molecule has 3 N–H and O–H groups in total. The van der Waals surface area contributed by atoms with Gasteiger partial charge >= 0.3 is 0 Å². The van der Waals surface area contributed by atoms with E-state index >= 15 is 0 Å². The second kappa shape index (κ2) is 7.09. The number of benzene rings is 2. The van der Waals surface area contributed by atoms with E-state index in [1.165, 1.54) is 10.9 Å². The Kier molecular flexibility index (Phi) is 4.85. The molecule has 0 spiro atoms. The molecule has 0 aliphatic rings. The Morgan fingerprint density at radius 2 is 2.00 bits per heavy atom. The first-order valence-corrected chi connectivity index (χ1v) is 8.49. The summed E-state index contributed by atoms with van der Waals surface area (Å²) in [5, 5.41) is 3.12. The molecule has 3 aromatic rings. The van der Waals surface area contributed by atoms with E-state index in [9.17, 15) is 14.4 Å². The number of hydrogen-bond acceptors (Lipinski definition) is 4. The quantitative estimate of drug-likeness (QED) is 0.681. The molecule has 0 atom stereocenters. The van der Waals surface area contributed by atoms with Crippen LogP contribution in [0.2, 0.25) is 0 Å². The van der Waals surface area contributed by atoms with E-state index in [4.69, 9.17) is 5.73 Å². The van der Waals surface area contributed by atoms with E-state index < -0.39 is 5.91 Å². The molecule has 26 heavy (non-hydrogen) atoms. The summed E-state index contributed by atoms with van der Waals surface area (Å²) in [5.74, 6) is -0.908. The molecule has 7 nitrogen and oxygen atoms in total. The highest BCUT2D eigenvalue weighted by Gasteiger charge is 2.10. The van der Waals surface area contributed by atoms with Crippen molar-refractivity contribution in [3.05, 3.63) is 68.7 Å². The van der Waals surface area contributed by atoms with Crippen LogP contribution in [0.3, 0.4) is 0 Å². The Labute approximate surface area is 157 Å². The highest BCUT2D eigenvalue weighted by atomic mass is 79.9. The summed E-state index contributed by atoms with van der Waals surface area (Å²) in [7, 11) is 0. The van der Waals surface area contributed by atoms with Crippen molar-refractivity contribution in [3.8, 4) is 0 Å². The number of primary amides is 1. The van der Waals surface area contributed by atoms with Crippen LogP contribution >= 0.6 is 15.9 Å². The van der Waals surface area contributed by atoms with Gasteiger partial charge in [-0.3, -0.25) is 19.0 Å². The number of rotatable bonds is 4. The lowest BCUT2D eigenvalue weighted by molar-refractivity contribution is -0.116. The number of hydrogen-bond donors (Lipinski definition) is 2. The average Bonchev–Trinajstić information content (AvgIpc) is 2.57. The van der Waals surface area contributed by atoms with Gasteiger partial charge in [0, 0.05) is 15.7 Å². The maximum atomic E-state index is 12.5. The smallest absolute Gasteiger partial charge is 0.261 e. The fraction of sp³-hybridized carbons (Fsp3) is 0.111. The number of nitrogens with two attached hydrogens (primary N) is 1. The van der Waals surface area contributed by atoms with Gasteiger partial charge in [-0.1, -0.05) is 15.9 Å². The van der Waals surface area contributed by atoms with E-state index in [1.807, 2.05) is 0 Å². The summed E-state index contributed by atoms with van der Waals surface area (Å²) in [6.07, 6.45) is 1.35. The Balaban J connectivity index is 1.81. The van der Waals surface area contributed by atoms with E-state index in [-0.39, 0.29) is 18.0 Å². The van der Waals surface area contributed by atoms with Crippen LogP contribution in [0.15, 0.2) is 52.0 Å². The standard InChI is InChI=1S/C18H15BrN4O3/c1-10-6-12(3-4-13(10)17(20)25)22-16(24)8-23-9-21-15-5-2-11(19)7-14(15)18(23)26/h2-7,9H,8H2,1H3,(H2,20,25)(H,22,24). The van der Waals surface area contributed by atoms with E-state index in [0.29, 0.717) is 27.7 Å². The number of halogens is 1. The summed E-state index contributed by atoms with van der Waals surface area (Å²) >= 11 is 3.32. The first-order chi connectivity index (χ1) is 12.3. The Hall–Kier alpha value is -3.00. The van der Waals surface area contributed by atoms with Crippen molar-refractivity contribution < 1.29 is 9.59 Å². The van der Waals surface area contributed by atoms with Crippen LogP contribution in [0.4, 0.5) is 5.69 Å². The number of carbonyl (C=O) groups excluding carboxylic acids is 2. The molecule has 1 heterocycles. The first kappa shape index (κ1) is 17.8. The highest BCUT2D eigenvalue weighted by Crippen LogP contribution is 2.16. The largest absolute Gasteiger partial charge is 0.366 e. The van der Waals surface area contributed by atoms with Crippen LogP contribution in [0, 0.1) is 6.92 Å². The highest BCUT2D eigenvalue weighted by molar-refractivity contribution is 9.10. The van der Waals surface area contributed by atoms with Crippen molar-refractivity contribution >= 4 is 44.3 Å². The summed E-state index contributed by atoms with van der Waals surface area (Å²) in [6.45, 7) is 1.55. The predicted molar refractivity (Wildman–Crippen MR) is 102 cm³/mol. The van der Waals surface area contributed by atoms with Crippen molar-refractivity contribution in [1.29, 1.82) is 0 Å². The van der Waals surface area contributed by atoms with Crippen molar-refractivity contribution in [2.24, 2.45) is 5.73 Å². The monoisotopic (exact) mass is 414 g/mol. The lowest BCUT2D eigenvalue weighted by atomic mass is 10.1. The number of anilines is 1. The molecule has 0 saturated carbocycles.